The van der Waals surface area contributed by atoms with Gasteiger partial charge in [-0.3, -0.25) is 4.98 Å². The third kappa shape index (κ3) is 3.81. The first kappa shape index (κ1) is 15.9. The van der Waals surface area contributed by atoms with E-state index in [2.05, 4.69) is 25.6 Å². The summed E-state index contributed by atoms with van der Waals surface area (Å²) in [6.45, 7) is 1.77. The highest BCUT2D eigenvalue weighted by molar-refractivity contribution is 9.10. The van der Waals surface area contributed by atoms with E-state index in [0.29, 0.717) is 10.2 Å². The summed E-state index contributed by atoms with van der Waals surface area (Å²) in [5, 5.41) is 0. The number of nitrogens with zero attached hydrogens (tertiary/aromatic N) is 1. The van der Waals surface area contributed by atoms with Crippen molar-refractivity contribution in [3.63, 3.8) is 0 Å². The fourth-order valence-electron chi connectivity index (χ4n) is 1.82. The standard InChI is InChI=1S/C14H15BrN2O3S/c1-10(11-4-3-7-16-9-11)17-21(18,19)12-5-6-14(20-2)13(15)8-12/h3-10,17H,1-2H3/t10-/m0/s1. The van der Waals surface area contributed by atoms with Crippen molar-refractivity contribution in [1.29, 1.82) is 0 Å². The van der Waals surface area contributed by atoms with Crippen LogP contribution in [0.3, 0.4) is 0 Å². The van der Waals surface area contributed by atoms with Crippen molar-refractivity contribution in [2.75, 3.05) is 7.11 Å². The largest absolute Gasteiger partial charge is 0.496 e. The first-order valence-electron chi connectivity index (χ1n) is 6.20. The van der Waals surface area contributed by atoms with Gasteiger partial charge in [-0.25, -0.2) is 13.1 Å². The van der Waals surface area contributed by atoms with Gasteiger partial charge in [0.05, 0.1) is 16.5 Å². The summed E-state index contributed by atoms with van der Waals surface area (Å²) in [6.07, 6.45) is 3.28. The molecule has 0 unspecified atom stereocenters. The molecule has 0 saturated heterocycles. The molecule has 0 aliphatic rings. The van der Waals surface area contributed by atoms with E-state index in [1.54, 1.807) is 31.5 Å². The Hall–Kier alpha value is -1.44. The molecule has 0 fully saturated rings. The van der Waals surface area contributed by atoms with Gasteiger partial charge in [-0.2, -0.15) is 0 Å². The predicted octanol–water partition coefficient (Wildman–Crippen LogP) is 2.89. The van der Waals surface area contributed by atoms with Gasteiger partial charge in [-0.05, 0) is 52.7 Å². The summed E-state index contributed by atoms with van der Waals surface area (Å²) < 4.78 is 33.1. The quantitative estimate of drug-likeness (QED) is 0.878. The number of methoxy groups -OCH3 is 1. The molecule has 1 N–H and O–H groups in total. The lowest BCUT2D eigenvalue weighted by atomic mass is 10.2. The Kier molecular flexibility index (Phi) is 4.97. The van der Waals surface area contributed by atoms with E-state index in [9.17, 15) is 8.42 Å². The van der Waals surface area contributed by atoms with Gasteiger partial charge < -0.3 is 4.74 Å². The minimum Gasteiger partial charge on any atom is -0.496 e. The lowest BCUT2D eigenvalue weighted by Crippen LogP contribution is -2.27. The molecule has 0 aliphatic carbocycles. The molecule has 21 heavy (non-hydrogen) atoms. The molecule has 0 aliphatic heterocycles. The molecule has 1 atom stereocenters. The summed E-state index contributed by atoms with van der Waals surface area (Å²) in [5.41, 5.74) is 0.800. The Morgan fingerprint density at radius 2 is 2.10 bits per heavy atom. The first-order valence-corrected chi connectivity index (χ1v) is 8.47. The van der Waals surface area contributed by atoms with Crippen molar-refractivity contribution in [3.05, 3.63) is 52.8 Å². The lowest BCUT2D eigenvalue weighted by Gasteiger charge is -2.15. The molecule has 5 nitrogen and oxygen atoms in total. The maximum Gasteiger partial charge on any atom is 0.241 e. The molecule has 1 aromatic heterocycles. The van der Waals surface area contributed by atoms with Gasteiger partial charge in [-0.1, -0.05) is 6.07 Å². The van der Waals surface area contributed by atoms with Crippen LogP contribution in [0.4, 0.5) is 0 Å². The summed E-state index contributed by atoms with van der Waals surface area (Å²) in [5.74, 6) is 0.578. The molecule has 0 spiro atoms. The van der Waals surface area contributed by atoms with E-state index < -0.39 is 10.0 Å². The minimum absolute atomic E-state index is 0.172. The van der Waals surface area contributed by atoms with E-state index in [4.69, 9.17) is 4.74 Å². The highest BCUT2D eigenvalue weighted by Crippen LogP contribution is 2.28. The topological polar surface area (TPSA) is 68.3 Å². The number of hydrogen-bond donors (Lipinski definition) is 1. The maximum atomic E-state index is 12.4. The Labute approximate surface area is 132 Å². The highest BCUT2D eigenvalue weighted by Gasteiger charge is 2.19. The Bertz CT molecular complexity index is 720. The van der Waals surface area contributed by atoms with Gasteiger partial charge in [0.1, 0.15) is 5.75 Å². The zero-order chi connectivity index (χ0) is 15.5. The van der Waals surface area contributed by atoms with Gasteiger partial charge in [0.2, 0.25) is 10.0 Å². The summed E-state index contributed by atoms with van der Waals surface area (Å²) in [6, 6.07) is 7.84. The Balaban J connectivity index is 2.24. The molecule has 112 valence electrons. The van der Waals surface area contributed by atoms with E-state index >= 15 is 0 Å². The van der Waals surface area contributed by atoms with Gasteiger partial charge in [0.15, 0.2) is 0 Å². The van der Waals surface area contributed by atoms with Crippen molar-refractivity contribution in [3.8, 4) is 5.75 Å². The molecule has 1 heterocycles. The van der Waals surface area contributed by atoms with Crippen LogP contribution < -0.4 is 9.46 Å². The Morgan fingerprint density at radius 3 is 2.67 bits per heavy atom. The number of ether oxygens (including phenoxy) is 1. The number of sulfonamides is 1. The molecular formula is C14H15BrN2O3S. The van der Waals surface area contributed by atoms with Crippen LogP contribution in [-0.4, -0.2) is 20.5 Å². The summed E-state index contributed by atoms with van der Waals surface area (Å²) in [4.78, 5) is 4.16. The molecule has 7 heteroatoms. The lowest BCUT2D eigenvalue weighted by molar-refractivity contribution is 0.411. The van der Waals surface area contributed by atoms with E-state index in [0.717, 1.165) is 5.56 Å². The van der Waals surface area contributed by atoms with Crippen molar-refractivity contribution < 1.29 is 13.2 Å². The average molecular weight is 371 g/mol. The minimum atomic E-state index is -3.62. The number of benzene rings is 1. The van der Waals surface area contributed by atoms with Crippen molar-refractivity contribution >= 4 is 26.0 Å². The normalized spacial score (nSPS) is 12.9. The molecular weight excluding hydrogens is 356 g/mol. The van der Waals surface area contributed by atoms with E-state index in [1.165, 1.54) is 19.2 Å². The van der Waals surface area contributed by atoms with Crippen LogP contribution >= 0.6 is 15.9 Å². The molecule has 0 amide bonds. The summed E-state index contributed by atoms with van der Waals surface area (Å²) >= 11 is 3.28. The van der Waals surface area contributed by atoms with Gasteiger partial charge in [0.25, 0.3) is 0 Å². The average Bonchev–Trinajstić information content (AvgIpc) is 2.47. The molecule has 2 aromatic rings. The van der Waals surface area contributed by atoms with Crippen molar-refractivity contribution in [1.82, 2.24) is 9.71 Å². The summed E-state index contributed by atoms with van der Waals surface area (Å²) in [7, 11) is -2.09. The second-order valence-electron chi connectivity index (χ2n) is 4.43. The van der Waals surface area contributed by atoms with Crippen LogP contribution in [0.15, 0.2) is 52.1 Å². The second-order valence-corrected chi connectivity index (χ2v) is 6.99. The van der Waals surface area contributed by atoms with Crippen LogP contribution in [0.25, 0.3) is 0 Å². The maximum absolute atomic E-state index is 12.4. The van der Waals surface area contributed by atoms with Crippen LogP contribution in [-0.2, 0) is 10.0 Å². The number of hydrogen-bond acceptors (Lipinski definition) is 4. The van der Waals surface area contributed by atoms with Gasteiger partial charge in [0, 0.05) is 18.4 Å². The van der Waals surface area contributed by atoms with Crippen LogP contribution in [0.2, 0.25) is 0 Å². The van der Waals surface area contributed by atoms with E-state index in [1.807, 2.05) is 6.07 Å². The van der Waals surface area contributed by atoms with Gasteiger partial charge >= 0.3 is 0 Å². The third-order valence-electron chi connectivity index (χ3n) is 2.95. The van der Waals surface area contributed by atoms with Crippen molar-refractivity contribution in [2.45, 2.75) is 17.9 Å². The molecule has 0 radical (unpaired) electrons. The fraction of sp³-hybridized carbons (Fsp3) is 0.214. The highest BCUT2D eigenvalue weighted by atomic mass is 79.9. The predicted molar refractivity (Wildman–Crippen MR) is 83.7 cm³/mol. The molecule has 1 aromatic carbocycles. The van der Waals surface area contributed by atoms with Crippen LogP contribution in [0, 0.1) is 0 Å². The molecule has 0 saturated carbocycles. The molecule has 0 bridgehead atoms. The Morgan fingerprint density at radius 1 is 1.33 bits per heavy atom. The van der Waals surface area contributed by atoms with Crippen LogP contribution in [0.1, 0.15) is 18.5 Å². The molecule has 2 rings (SSSR count). The monoisotopic (exact) mass is 370 g/mol. The number of halogens is 1. The number of nitrogens with one attached hydrogen (secondary N) is 1. The fourth-order valence-corrected chi connectivity index (χ4v) is 3.77. The third-order valence-corrected chi connectivity index (χ3v) is 5.11. The zero-order valence-corrected chi connectivity index (χ0v) is 14.0. The SMILES string of the molecule is COc1ccc(S(=O)(=O)N[C@@H](C)c2cccnc2)cc1Br. The van der Waals surface area contributed by atoms with E-state index in [-0.39, 0.29) is 10.9 Å². The second kappa shape index (κ2) is 6.55. The van der Waals surface area contributed by atoms with Crippen molar-refractivity contribution in [2.24, 2.45) is 0 Å². The number of aromatic nitrogens is 1. The van der Waals surface area contributed by atoms with Crippen LogP contribution in [0.5, 0.6) is 5.75 Å². The first-order chi connectivity index (χ1) is 9.94. The smallest absolute Gasteiger partial charge is 0.241 e. The van der Waals surface area contributed by atoms with Gasteiger partial charge in [-0.15, -0.1) is 0 Å². The number of rotatable bonds is 5. The zero-order valence-electron chi connectivity index (χ0n) is 11.6. The number of pyridine rings is 1.